The Hall–Kier alpha value is -0.890. The molecule has 0 spiro atoms. The second-order valence-electron chi connectivity index (χ2n) is 4.03. The Labute approximate surface area is 116 Å². The zero-order valence-electron chi connectivity index (χ0n) is 10.3. The second-order valence-corrected chi connectivity index (χ2v) is 5.19. The van der Waals surface area contributed by atoms with Gasteiger partial charge in [0.2, 0.25) is 0 Å². The molecule has 1 unspecified atom stereocenters. The zero-order valence-corrected chi connectivity index (χ0v) is 11.1. The van der Waals surface area contributed by atoms with Gasteiger partial charge in [0.15, 0.2) is 0 Å². The van der Waals surface area contributed by atoms with Gasteiger partial charge in [-0.25, -0.2) is 0 Å². The Balaban J connectivity index is 2.56. The lowest BCUT2D eigenvalue weighted by atomic mass is 10.0. The Morgan fingerprint density at radius 3 is 2.10 bits per heavy atom. The molecule has 1 aromatic carbocycles. The van der Waals surface area contributed by atoms with E-state index in [1.54, 1.807) is 18.2 Å². The molecule has 0 saturated carbocycles. The maximum absolute atomic E-state index is 12.5. The standard InChI is InChI=1S/C12H13F6NS/c13-11(14,15)8-10(9-4-2-1-3-5-9)19-6-7-20-12(16,17)18/h1-5,10,19H,6-8H2. The highest BCUT2D eigenvalue weighted by molar-refractivity contribution is 8.00. The molecular weight excluding hydrogens is 304 g/mol. The molecule has 0 radical (unpaired) electrons. The molecule has 1 atom stereocenters. The van der Waals surface area contributed by atoms with E-state index in [1.165, 1.54) is 12.1 Å². The van der Waals surface area contributed by atoms with Crippen LogP contribution >= 0.6 is 11.8 Å². The number of hydrogen-bond acceptors (Lipinski definition) is 2. The monoisotopic (exact) mass is 317 g/mol. The van der Waals surface area contributed by atoms with Crippen LogP contribution < -0.4 is 5.32 Å². The Morgan fingerprint density at radius 2 is 1.60 bits per heavy atom. The van der Waals surface area contributed by atoms with Crippen molar-refractivity contribution in [2.45, 2.75) is 24.1 Å². The molecule has 0 aromatic heterocycles. The highest BCUT2D eigenvalue weighted by Gasteiger charge is 2.33. The summed E-state index contributed by atoms with van der Waals surface area (Å²) in [5.41, 5.74) is -3.96. The molecule has 0 bridgehead atoms. The maximum Gasteiger partial charge on any atom is 0.441 e. The lowest BCUT2D eigenvalue weighted by Gasteiger charge is -2.20. The Kier molecular flexibility index (Phi) is 6.19. The van der Waals surface area contributed by atoms with Gasteiger partial charge in [0.05, 0.1) is 6.42 Å². The van der Waals surface area contributed by atoms with E-state index in [9.17, 15) is 26.3 Å². The molecular formula is C12H13F6NS. The summed E-state index contributed by atoms with van der Waals surface area (Å²) in [6, 6.07) is 6.83. The average Bonchev–Trinajstić information content (AvgIpc) is 2.31. The van der Waals surface area contributed by atoms with E-state index >= 15 is 0 Å². The molecule has 114 valence electrons. The largest absolute Gasteiger partial charge is 0.441 e. The van der Waals surface area contributed by atoms with E-state index in [0.717, 1.165) is 0 Å². The third kappa shape index (κ3) is 7.64. The highest BCUT2D eigenvalue weighted by Crippen LogP contribution is 2.31. The molecule has 0 fully saturated rings. The number of nitrogens with one attached hydrogen (secondary N) is 1. The van der Waals surface area contributed by atoms with Crippen molar-refractivity contribution >= 4 is 11.8 Å². The van der Waals surface area contributed by atoms with Crippen LogP contribution in [0.5, 0.6) is 0 Å². The SMILES string of the molecule is FC(F)(F)CC(NCCSC(F)(F)F)c1ccccc1. The van der Waals surface area contributed by atoms with Gasteiger partial charge >= 0.3 is 11.7 Å². The first kappa shape index (κ1) is 17.2. The van der Waals surface area contributed by atoms with Crippen molar-refractivity contribution < 1.29 is 26.3 Å². The normalized spacial score (nSPS) is 14.3. The van der Waals surface area contributed by atoms with Crippen molar-refractivity contribution in [3.8, 4) is 0 Å². The van der Waals surface area contributed by atoms with Crippen molar-refractivity contribution in [3.05, 3.63) is 35.9 Å². The predicted molar refractivity (Wildman–Crippen MR) is 66.4 cm³/mol. The first-order valence-corrected chi connectivity index (χ1v) is 6.72. The van der Waals surface area contributed by atoms with Crippen LogP contribution in [0.3, 0.4) is 0 Å². The van der Waals surface area contributed by atoms with Gasteiger partial charge in [0.25, 0.3) is 0 Å². The van der Waals surface area contributed by atoms with E-state index in [4.69, 9.17) is 0 Å². The molecule has 1 N–H and O–H groups in total. The first-order chi connectivity index (χ1) is 9.17. The van der Waals surface area contributed by atoms with Crippen LogP contribution in [0.15, 0.2) is 30.3 Å². The van der Waals surface area contributed by atoms with Gasteiger partial charge in [-0.05, 0) is 17.3 Å². The molecule has 0 aliphatic carbocycles. The van der Waals surface area contributed by atoms with E-state index in [2.05, 4.69) is 5.32 Å². The minimum Gasteiger partial charge on any atom is -0.309 e. The topological polar surface area (TPSA) is 12.0 Å². The summed E-state index contributed by atoms with van der Waals surface area (Å²) in [6.07, 6.45) is -5.50. The van der Waals surface area contributed by atoms with Crippen LogP contribution in [0.2, 0.25) is 0 Å². The quantitative estimate of drug-likeness (QED) is 0.611. The molecule has 0 aliphatic heterocycles. The molecule has 0 saturated heterocycles. The summed E-state index contributed by atoms with van der Waals surface area (Å²) in [6.45, 7) is -0.153. The minimum atomic E-state index is -4.38. The molecule has 20 heavy (non-hydrogen) atoms. The zero-order chi connectivity index (χ0) is 15.2. The van der Waals surface area contributed by atoms with Crippen LogP contribution in [0, 0.1) is 0 Å². The van der Waals surface area contributed by atoms with Crippen LogP contribution in [0.4, 0.5) is 26.3 Å². The number of benzene rings is 1. The van der Waals surface area contributed by atoms with Crippen LogP contribution in [0.1, 0.15) is 18.0 Å². The molecule has 1 rings (SSSR count). The van der Waals surface area contributed by atoms with E-state index in [1.807, 2.05) is 0 Å². The van der Waals surface area contributed by atoms with Gasteiger partial charge in [0.1, 0.15) is 0 Å². The van der Waals surface area contributed by atoms with E-state index in [-0.39, 0.29) is 24.1 Å². The summed E-state index contributed by atoms with van der Waals surface area (Å²) >= 11 is -0.255. The minimum absolute atomic E-state index is 0.153. The Bertz CT molecular complexity index is 389. The van der Waals surface area contributed by atoms with E-state index in [0.29, 0.717) is 5.56 Å². The fraction of sp³-hybridized carbons (Fsp3) is 0.500. The molecule has 1 nitrogen and oxygen atoms in total. The van der Waals surface area contributed by atoms with Crippen molar-refractivity contribution in [1.29, 1.82) is 0 Å². The lowest BCUT2D eigenvalue weighted by molar-refractivity contribution is -0.140. The van der Waals surface area contributed by atoms with Crippen LogP contribution in [0.25, 0.3) is 0 Å². The molecule has 8 heteroatoms. The predicted octanol–water partition coefficient (Wildman–Crippen LogP) is 4.52. The fourth-order valence-corrected chi connectivity index (χ4v) is 2.08. The average molecular weight is 317 g/mol. The van der Waals surface area contributed by atoms with Crippen LogP contribution in [-0.4, -0.2) is 24.0 Å². The molecule has 0 aliphatic rings. The van der Waals surface area contributed by atoms with Gasteiger partial charge < -0.3 is 5.32 Å². The van der Waals surface area contributed by atoms with Gasteiger partial charge in [-0.1, -0.05) is 30.3 Å². The van der Waals surface area contributed by atoms with Gasteiger partial charge in [-0.2, -0.15) is 26.3 Å². The smallest absolute Gasteiger partial charge is 0.309 e. The highest BCUT2D eigenvalue weighted by atomic mass is 32.2. The van der Waals surface area contributed by atoms with Gasteiger partial charge in [-0.3, -0.25) is 0 Å². The summed E-state index contributed by atoms with van der Waals surface area (Å²) < 4.78 is 73.2. The van der Waals surface area contributed by atoms with Crippen molar-refractivity contribution in [1.82, 2.24) is 5.32 Å². The van der Waals surface area contributed by atoms with Crippen LogP contribution in [-0.2, 0) is 0 Å². The Morgan fingerprint density at radius 1 is 1.00 bits per heavy atom. The number of alkyl halides is 6. The summed E-state index contributed by atoms with van der Waals surface area (Å²) in [7, 11) is 0. The number of rotatable bonds is 6. The lowest BCUT2D eigenvalue weighted by Crippen LogP contribution is -2.29. The van der Waals surface area contributed by atoms with Crippen molar-refractivity contribution in [2.75, 3.05) is 12.3 Å². The molecule has 0 amide bonds. The maximum atomic E-state index is 12.5. The summed E-state index contributed by atoms with van der Waals surface area (Å²) in [5.74, 6) is -0.329. The number of thioether (sulfide) groups is 1. The fourth-order valence-electron chi connectivity index (χ4n) is 1.62. The van der Waals surface area contributed by atoms with Crippen molar-refractivity contribution in [2.24, 2.45) is 0 Å². The molecule has 0 heterocycles. The number of hydrogen-bond donors (Lipinski definition) is 1. The summed E-state index contributed by atoms with van der Waals surface area (Å²) in [4.78, 5) is 0. The second kappa shape index (κ2) is 7.21. The van der Waals surface area contributed by atoms with Crippen molar-refractivity contribution in [3.63, 3.8) is 0 Å². The third-order valence-electron chi connectivity index (χ3n) is 2.40. The van der Waals surface area contributed by atoms with Gasteiger partial charge in [0, 0.05) is 18.3 Å². The van der Waals surface area contributed by atoms with Gasteiger partial charge in [-0.15, -0.1) is 0 Å². The number of halogens is 6. The third-order valence-corrected chi connectivity index (χ3v) is 3.13. The first-order valence-electron chi connectivity index (χ1n) is 5.73. The van der Waals surface area contributed by atoms with E-state index < -0.39 is 24.1 Å². The molecule has 1 aromatic rings. The summed E-state index contributed by atoms with van der Waals surface area (Å²) in [5, 5.41) is 2.52.